The zero-order valence-electron chi connectivity index (χ0n) is 15.0. The average Bonchev–Trinajstić information content (AvgIpc) is 3.41. The highest BCUT2D eigenvalue weighted by atomic mass is 32.1. The first-order valence-electron chi connectivity index (χ1n) is 8.86. The van der Waals surface area contributed by atoms with Crippen LogP contribution in [0.2, 0.25) is 0 Å². The SMILES string of the molecule is O=C(CCn1nnc2ccccc2c1=O)N(Cc1cccs1)Cc1cccs1. The summed E-state index contributed by atoms with van der Waals surface area (Å²) in [6.07, 6.45) is 0.198. The lowest BCUT2D eigenvalue weighted by Gasteiger charge is -2.21. The monoisotopic (exact) mass is 410 g/mol. The third-order valence-electron chi connectivity index (χ3n) is 4.37. The summed E-state index contributed by atoms with van der Waals surface area (Å²) < 4.78 is 1.27. The molecule has 0 bridgehead atoms. The van der Waals surface area contributed by atoms with Crippen molar-refractivity contribution in [3.63, 3.8) is 0 Å². The van der Waals surface area contributed by atoms with Gasteiger partial charge in [0.05, 0.1) is 25.0 Å². The van der Waals surface area contributed by atoms with E-state index in [2.05, 4.69) is 10.3 Å². The number of aryl methyl sites for hydroxylation is 1. The van der Waals surface area contributed by atoms with Crippen molar-refractivity contribution in [1.82, 2.24) is 19.9 Å². The molecule has 3 aromatic heterocycles. The van der Waals surface area contributed by atoms with Gasteiger partial charge >= 0.3 is 0 Å². The van der Waals surface area contributed by atoms with E-state index in [1.54, 1.807) is 40.9 Å². The van der Waals surface area contributed by atoms with Crippen LogP contribution < -0.4 is 5.56 Å². The van der Waals surface area contributed by atoms with Crippen LogP contribution in [-0.2, 0) is 24.4 Å². The van der Waals surface area contributed by atoms with Crippen molar-refractivity contribution in [3.05, 3.63) is 79.4 Å². The van der Waals surface area contributed by atoms with Gasteiger partial charge in [0.15, 0.2) is 0 Å². The Balaban J connectivity index is 1.49. The van der Waals surface area contributed by atoms with Crippen LogP contribution in [0, 0.1) is 0 Å². The second kappa shape index (κ2) is 8.45. The molecule has 0 radical (unpaired) electrons. The van der Waals surface area contributed by atoms with E-state index in [4.69, 9.17) is 0 Å². The van der Waals surface area contributed by atoms with Crippen molar-refractivity contribution in [3.8, 4) is 0 Å². The average molecular weight is 411 g/mol. The van der Waals surface area contributed by atoms with Crippen molar-refractivity contribution < 1.29 is 4.79 Å². The summed E-state index contributed by atoms with van der Waals surface area (Å²) in [5.41, 5.74) is 0.341. The molecule has 1 amide bonds. The zero-order valence-corrected chi connectivity index (χ0v) is 16.7. The number of rotatable bonds is 7. The van der Waals surface area contributed by atoms with E-state index in [0.29, 0.717) is 24.0 Å². The van der Waals surface area contributed by atoms with Crippen LogP contribution in [0.15, 0.2) is 64.1 Å². The third kappa shape index (κ3) is 4.18. The van der Waals surface area contributed by atoms with Gasteiger partial charge in [0.2, 0.25) is 5.91 Å². The summed E-state index contributed by atoms with van der Waals surface area (Å²) in [6.45, 7) is 1.33. The van der Waals surface area contributed by atoms with Gasteiger partial charge in [-0.25, -0.2) is 4.68 Å². The Morgan fingerprint density at radius 1 is 0.964 bits per heavy atom. The van der Waals surface area contributed by atoms with Crippen LogP contribution >= 0.6 is 22.7 Å². The predicted molar refractivity (Wildman–Crippen MR) is 111 cm³/mol. The van der Waals surface area contributed by atoms with Gasteiger partial charge in [-0.1, -0.05) is 29.5 Å². The highest BCUT2D eigenvalue weighted by Crippen LogP contribution is 2.18. The normalized spacial score (nSPS) is 11.0. The molecule has 142 valence electrons. The number of amides is 1. The highest BCUT2D eigenvalue weighted by molar-refractivity contribution is 7.10. The van der Waals surface area contributed by atoms with Gasteiger partial charge in [0.1, 0.15) is 5.52 Å². The van der Waals surface area contributed by atoms with Crippen LogP contribution in [0.25, 0.3) is 10.9 Å². The summed E-state index contributed by atoms with van der Waals surface area (Å²) in [4.78, 5) is 29.6. The zero-order chi connectivity index (χ0) is 19.3. The molecule has 0 spiro atoms. The lowest BCUT2D eigenvalue weighted by molar-refractivity contribution is -0.132. The van der Waals surface area contributed by atoms with Gasteiger partial charge in [-0.3, -0.25) is 9.59 Å². The van der Waals surface area contributed by atoms with Gasteiger partial charge < -0.3 is 4.90 Å². The van der Waals surface area contributed by atoms with E-state index >= 15 is 0 Å². The molecule has 6 nitrogen and oxygen atoms in total. The Bertz CT molecular complexity index is 1080. The van der Waals surface area contributed by atoms with E-state index in [-0.39, 0.29) is 24.4 Å². The smallest absolute Gasteiger partial charge is 0.277 e. The maximum Gasteiger partial charge on any atom is 0.277 e. The molecule has 0 aliphatic heterocycles. The molecule has 1 aromatic carbocycles. The molecule has 0 saturated heterocycles. The third-order valence-corrected chi connectivity index (χ3v) is 6.10. The first kappa shape index (κ1) is 18.5. The Morgan fingerprint density at radius 3 is 2.29 bits per heavy atom. The number of hydrogen-bond acceptors (Lipinski definition) is 6. The maximum absolute atomic E-state index is 12.9. The van der Waals surface area contributed by atoms with Crippen molar-refractivity contribution >= 4 is 39.5 Å². The van der Waals surface area contributed by atoms with Gasteiger partial charge in [-0.2, -0.15) is 0 Å². The summed E-state index contributed by atoms with van der Waals surface area (Å²) in [6, 6.07) is 15.1. The first-order valence-corrected chi connectivity index (χ1v) is 10.6. The van der Waals surface area contributed by atoms with Gasteiger partial charge in [0, 0.05) is 16.2 Å². The standard InChI is InChI=1S/C20H18N4O2S2/c25-19(9-10-24-20(26)17-7-1-2-8-18(17)21-22-24)23(13-15-5-3-11-27-15)14-16-6-4-12-28-16/h1-8,11-12H,9-10,13-14H2. The number of fused-ring (bicyclic) bond motifs is 1. The minimum absolute atomic E-state index is 0.0105. The molecule has 28 heavy (non-hydrogen) atoms. The molecule has 0 aliphatic rings. The Hall–Kier alpha value is -2.84. The summed E-state index contributed by atoms with van der Waals surface area (Å²) in [5.74, 6) is -0.0105. The fourth-order valence-electron chi connectivity index (χ4n) is 2.94. The molecule has 0 fully saturated rings. The molecule has 0 atom stereocenters. The fraction of sp³-hybridized carbons (Fsp3) is 0.200. The van der Waals surface area contributed by atoms with Crippen LogP contribution in [0.5, 0.6) is 0 Å². The molecule has 0 saturated carbocycles. The number of nitrogens with zero attached hydrogens (tertiary/aromatic N) is 4. The quantitative estimate of drug-likeness (QED) is 0.467. The topological polar surface area (TPSA) is 68.1 Å². The van der Waals surface area contributed by atoms with E-state index in [1.165, 1.54) is 4.68 Å². The second-order valence-electron chi connectivity index (χ2n) is 6.29. The molecule has 3 heterocycles. The van der Waals surface area contributed by atoms with E-state index in [9.17, 15) is 9.59 Å². The highest BCUT2D eigenvalue weighted by Gasteiger charge is 2.17. The number of carbonyl (C=O) groups is 1. The Kier molecular flexibility index (Phi) is 5.59. The largest absolute Gasteiger partial charge is 0.332 e. The Labute approximate surface area is 169 Å². The van der Waals surface area contributed by atoms with Crippen molar-refractivity contribution in [1.29, 1.82) is 0 Å². The van der Waals surface area contributed by atoms with E-state index in [1.807, 2.05) is 46.0 Å². The minimum Gasteiger partial charge on any atom is -0.332 e. The maximum atomic E-state index is 12.9. The van der Waals surface area contributed by atoms with E-state index in [0.717, 1.165) is 9.75 Å². The molecule has 4 aromatic rings. The van der Waals surface area contributed by atoms with Gasteiger partial charge in [-0.15, -0.1) is 27.8 Å². The van der Waals surface area contributed by atoms with Crippen LogP contribution in [0.1, 0.15) is 16.2 Å². The van der Waals surface area contributed by atoms with Crippen LogP contribution in [-0.4, -0.2) is 25.8 Å². The van der Waals surface area contributed by atoms with Crippen molar-refractivity contribution in [2.45, 2.75) is 26.1 Å². The number of benzene rings is 1. The summed E-state index contributed by atoms with van der Waals surface area (Å²) in [5, 5.41) is 12.6. The molecule has 0 aliphatic carbocycles. The van der Waals surface area contributed by atoms with Crippen molar-refractivity contribution in [2.75, 3.05) is 0 Å². The second-order valence-corrected chi connectivity index (χ2v) is 8.36. The van der Waals surface area contributed by atoms with Crippen LogP contribution in [0.4, 0.5) is 0 Å². The number of carbonyl (C=O) groups excluding carboxylic acids is 1. The molecule has 8 heteroatoms. The minimum atomic E-state index is -0.221. The predicted octanol–water partition coefficient (Wildman–Crippen LogP) is 3.53. The molecule has 0 N–H and O–H groups in total. The van der Waals surface area contributed by atoms with Crippen LogP contribution in [0.3, 0.4) is 0 Å². The summed E-state index contributed by atoms with van der Waals surface area (Å²) >= 11 is 3.26. The molecule has 0 unspecified atom stereocenters. The first-order chi connectivity index (χ1) is 13.7. The van der Waals surface area contributed by atoms with E-state index < -0.39 is 0 Å². The fourth-order valence-corrected chi connectivity index (χ4v) is 4.38. The lowest BCUT2D eigenvalue weighted by atomic mass is 10.2. The molecule has 4 rings (SSSR count). The van der Waals surface area contributed by atoms with Gasteiger partial charge in [0.25, 0.3) is 5.56 Å². The molecular formula is C20H18N4O2S2. The number of aromatic nitrogens is 3. The Morgan fingerprint density at radius 2 is 1.64 bits per heavy atom. The lowest BCUT2D eigenvalue weighted by Crippen LogP contribution is -2.32. The van der Waals surface area contributed by atoms with Gasteiger partial charge in [-0.05, 0) is 35.0 Å². The van der Waals surface area contributed by atoms with Crippen molar-refractivity contribution in [2.24, 2.45) is 0 Å². The number of thiophene rings is 2. The summed E-state index contributed by atoms with van der Waals surface area (Å²) in [7, 11) is 0. The number of hydrogen-bond donors (Lipinski definition) is 0. The molecular weight excluding hydrogens is 392 g/mol.